The normalized spacial score (nSPS) is 13.5. The number of hydrogen-bond donors (Lipinski definition) is 3. The highest BCUT2D eigenvalue weighted by molar-refractivity contribution is 6.10. The third-order valence-electron chi connectivity index (χ3n) is 2.12. The quantitative estimate of drug-likeness (QED) is 0.622. The third kappa shape index (κ3) is 2.48. The highest BCUT2D eigenvalue weighted by atomic mass is 16.4. The van der Waals surface area contributed by atoms with E-state index in [4.69, 9.17) is 5.11 Å². The van der Waals surface area contributed by atoms with Crippen molar-refractivity contribution in [3.63, 3.8) is 0 Å². The molecule has 0 aromatic heterocycles. The fourth-order valence-electron chi connectivity index (χ4n) is 1.28. The molecule has 6 heteroatoms. The first-order valence-electron chi connectivity index (χ1n) is 4.72. The summed E-state index contributed by atoms with van der Waals surface area (Å²) < 4.78 is 0. The molecule has 90 valence electrons. The van der Waals surface area contributed by atoms with Crippen molar-refractivity contribution in [1.29, 1.82) is 0 Å². The molecule has 1 atom stereocenters. The van der Waals surface area contributed by atoms with Crippen LogP contribution in [0.4, 0.5) is 0 Å². The molecule has 6 nitrogen and oxygen atoms in total. The first-order chi connectivity index (χ1) is 7.89. The first kappa shape index (κ1) is 12.9. The predicted octanol–water partition coefficient (Wildman–Crippen LogP) is -0.378. The number of aliphatic carboxylic acids is 1. The van der Waals surface area contributed by atoms with Crippen molar-refractivity contribution < 1.29 is 24.6 Å². The maximum atomic E-state index is 11.6. The van der Waals surface area contributed by atoms with Crippen LogP contribution >= 0.6 is 0 Å². The molecule has 0 aliphatic carbocycles. The van der Waals surface area contributed by atoms with E-state index in [0.29, 0.717) is 0 Å². The molecular weight excluding hydrogens is 226 g/mol. The van der Waals surface area contributed by atoms with Crippen LogP contribution in [0.2, 0.25) is 0 Å². The SMILES string of the molecule is CC(=O)NC(=O)C(O)(C(=O)O)c1ccccc1. The van der Waals surface area contributed by atoms with Crippen LogP contribution in [0, 0.1) is 0 Å². The fourth-order valence-corrected chi connectivity index (χ4v) is 1.28. The lowest BCUT2D eigenvalue weighted by Crippen LogP contribution is -2.51. The second-order valence-electron chi connectivity index (χ2n) is 3.39. The summed E-state index contributed by atoms with van der Waals surface area (Å²) in [4.78, 5) is 33.3. The molecule has 0 saturated heterocycles. The summed E-state index contributed by atoms with van der Waals surface area (Å²) in [6.45, 7) is 1.05. The molecule has 3 N–H and O–H groups in total. The maximum Gasteiger partial charge on any atom is 0.350 e. The average Bonchev–Trinajstić information content (AvgIpc) is 2.27. The lowest BCUT2D eigenvalue weighted by molar-refractivity contribution is -0.167. The Kier molecular flexibility index (Phi) is 3.59. The predicted molar refractivity (Wildman–Crippen MR) is 56.8 cm³/mol. The second-order valence-corrected chi connectivity index (χ2v) is 3.39. The van der Waals surface area contributed by atoms with Gasteiger partial charge in [-0.2, -0.15) is 0 Å². The second kappa shape index (κ2) is 4.75. The molecule has 0 saturated carbocycles. The molecule has 0 aliphatic rings. The molecule has 1 unspecified atom stereocenters. The summed E-state index contributed by atoms with van der Waals surface area (Å²) >= 11 is 0. The number of carboxylic acids is 1. The molecule has 0 aliphatic heterocycles. The van der Waals surface area contributed by atoms with E-state index in [9.17, 15) is 19.5 Å². The van der Waals surface area contributed by atoms with Crippen molar-refractivity contribution in [2.24, 2.45) is 0 Å². The molecule has 0 fully saturated rings. The van der Waals surface area contributed by atoms with Gasteiger partial charge in [-0.1, -0.05) is 30.3 Å². The Morgan fingerprint density at radius 2 is 1.71 bits per heavy atom. The Labute approximate surface area is 96.9 Å². The molecule has 1 aromatic rings. The van der Waals surface area contributed by atoms with Gasteiger partial charge in [0.15, 0.2) is 0 Å². The maximum absolute atomic E-state index is 11.6. The zero-order valence-electron chi connectivity index (χ0n) is 9.01. The number of carbonyl (C=O) groups excluding carboxylic acids is 2. The Hall–Kier alpha value is -2.21. The Bertz CT molecular complexity index is 456. The molecule has 0 spiro atoms. The van der Waals surface area contributed by atoms with E-state index in [-0.39, 0.29) is 5.56 Å². The van der Waals surface area contributed by atoms with Gasteiger partial charge in [0.1, 0.15) is 0 Å². The summed E-state index contributed by atoms with van der Waals surface area (Å²) in [5.74, 6) is -3.78. The summed E-state index contributed by atoms with van der Waals surface area (Å²) in [6.07, 6.45) is 0. The summed E-state index contributed by atoms with van der Waals surface area (Å²) in [7, 11) is 0. The standard InChI is InChI=1S/C11H11NO5/c1-7(13)12-9(14)11(17,10(15)16)8-5-3-2-4-6-8/h2-6,17H,1H3,(H,15,16)(H,12,13,14). The van der Waals surface area contributed by atoms with Crippen molar-refractivity contribution >= 4 is 17.8 Å². The van der Waals surface area contributed by atoms with Gasteiger partial charge in [0, 0.05) is 12.5 Å². The average molecular weight is 237 g/mol. The molecule has 0 bridgehead atoms. The number of amides is 2. The number of aliphatic hydroxyl groups is 1. The van der Waals surface area contributed by atoms with Crippen molar-refractivity contribution in [1.82, 2.24) is 5.32 Å². The van der Waals surface area contributed by atoms with Crippen LogP contribution in [0.1, 0.15) is 12.5 Å². The smallest absolute Gasteiger partial charge is 0.350 e. The van der Waals surface area contributed by atoms with Gasteiger partial charge in [-0.25, -0.2) is 4.79 Å². The van der Waals surface area contributed by atoms with E-state index in [2.05, 4.69) is 0 Å². The number of nitrogens with one attached hydrogen (secondary N) is 1. The van der Waals surface area contributed by atoms with Gasteiger partial charge in [0.05, 0.1) is 0 Å². The number of benzene rings is 1. The number of rotatable bonds is 3. The van der Waals surface area contributed by atoms with Gasteiger partial charge in [-0.05, 0) is 0 Å². The summed E-state index contributed by atoms with van der Waals surface area (Å²) in [6, 6.07) is 7.13. The van der Waals surface area contributed by atoms with Crippen LogP contribution in [0.3, 0.4) is 0 Å². The van der Waals surface area contributed by atoms with Gasteiger partial charge in [0.25, 0.3) is 11.5 Å². The van der Waals surface area contributed by atoms with Crippen LogP contribution in [0.15, 0.2) is 30.3 Å². The highest BCUT2D eigenvalue weighted by Crippen LogP contribution is 2.21. The van der Waals surface area contributed by atoms with Gasteiger partial charge < -0.3 is 10.2 Å². The Morgan fingerprint density at radius 3 is 2.12 bits per heavy atom. The molecule has 2 amide bonds. The van der Waals surface area contributed by atoms with Crippen LogP contribution in [0.25, 0.3) is 0 Å². The fraction of sp³-hybridized carbons (Fsp3) is 0.182. The number of imide groups is 1. The van der Waals surface area contributed by atoms with Crippen LogP contribution in [0.5, 0.6) is 0 Å². The zero-order valence-corrected chi connectivity index (χ0v) is 9.01. The van der Waals surface area contributed by atoms with Gasteiger partial charge in [-0.15, -0.1) is 0 Å². The minimum atomic E-state index is -2.77. The van der Waals surface area contributed by atoms with E-state index >= 15 is 0 Å². The van der Waals surface area contributed by atoms with E-state index in [1.54, 1.807) is 11.4 Å². The van der Waals surface area contributed by atoms with E-state index in [1.165, 1.54) is 24.3 Å². The monoisotopic (exact) mass is 237 g/mol. The zero-order chi connectivity index (χ0) is 13.1. The molecular formula is C11H11NO5. The van der Waals surface area contributed by atoms with Gasteiger partial charge >= 0.3 is 5.97 Å². The third-order valence-corrected chi connectivity index (χ3v) is 2.12. The minimum Gasteiger partial charge on any atom is -0.478 e. The van der Waals surface area contributed by atoms with Crippen molar-refractivity contribution in [3.05, 3.63) is 35.9 Å². The van der Waals surface area contributed by atoms with Crippen LogP contribution < -0.4 is 5.32 Å². The van der Waals surface area contributed by atoms with Crippen molar-refractivity contribution in [2.45, 2.75) is 12.5 Å². The van der Waals surface area contributed by atoms with Crippen molar-refractivity contribution in [3.8, 4) is 0 Å². The van der Waals surface area contributed by atoms with Crippen LogP contribution in [-0.4, -0.2) is 28.0 Å². The molecule has 0 heterocycles. The van der Waals surface area contributed by atoms with Gasteiger partial charge in [-0.3, -0.25) is 14.9 Å². The van der Waals surface area contributed by atoms with E-state index in [0.717, 1.165) is 6.92 Å². The van der Waals surface area contributed by atoms with Crippen molar-refractivity contribution in [2.75, 3.05) is 0 Å². The Balaban J connectivity index is 3.20. The number of carboxylic acid groups (broad SMARTS) is 1. The molecule has 1 rings (SSSR count). The highest BCUT2D eigenvalue weighted by Gasteiger charge is 2.46. The largest absolute Gasteiger partial charge is 0.478 e. The Morgan fingerprint density at radius 1 is 1.18 bits per heavy atom. The van der Waals surface area contributed by atoms with Crippen LogP contribution in [-0.2, 0) is 20.0 Å². The minimum absolute atomic E-state index is 0.119. The summed E-state index contributed by atoms with van der Waals surface area (Å²) in [5, 5.41) is 20.6. The van der Waals surface area contributed by atoms with E-state index < -0.39 is 23.4 Å². The number of carbonyl (C=O) groups is 3. The number of hydrogen-bond acceptors (Lipinski definition) is 4. The topological polar surface area (TPSA) is 104 Å². The van der Waals surface area contributed by atoms with Gasteiger partial charge in [0.2, 0.25) is 5.91 Å². The first-order valence-corrected chi connectivity index (χ1v) is 4.72. The lowest BCUT2D eigenvalue weighted by atomic mass is 9.93. The molecule has 0 radical (unpaired) electrons. The lowest BCUT2D eigenvalue weighted by Gasteiger charge is -2.21. The van der Waals surface area contributed by atoms with E-state index in [1.807, 2.05) is 0 Å². The molecule has 1 aromatic carbocycles. The molecule has 17 heavy (non-hydrogen) atoms. The summed E-state index contributed by atoms with van der Waals surface area (Å²) in [5.41, 5.74) is -2.89.